The highest BCUT2D eigenvalue weighted by Crippen LogP contribution is 2.29. The Labute approximate surface area is 176 Å². The average molecular weight is 430 g/mol. The summed E-state index contributed by atoms with van der Waals surface area (Å²) in [6.07, 6.45) is 0.791. The second kappa shape index (κ2) is 10.3. The predicted octanol–water partition coefficient (Wildman–Crippen LogP) is 4.89. The standard InChI is InChI=1S/C21H29ClFNO5/c1-5-27-19(25)18(15-10-8-11-16(22)17(15)23)28-13-14-9-6-7-12-24(14)20(26)29-21(2,3)4/h8,10-11,14,18H,5-7,9,12-13H2,1-4H3/t14-,18-/m1/s1. The van der Waals surface area contributed by atoms with Crippen LogP contribution < -0.4 is 0 Å². The molecule has 0 aromatic heterocycles. The minimum Gasteiger partial charge on any atom is -0.464 e. The van der Waals surface area contributed by atoms with Crippen LogP contribution in [0.1, 0.15) is 58.6 Å². The number of amides is 1. The molecule has 1 aliphatic rings. The lowest BCUT2D eigenvalue weighted by Crippen LogP contribution is -2.48. The molecule has 8 heteroatoms. The maximum atomic E-state index is 14.5. The monoisotopic (exact) mass is 429 g/mol. The molecule has 162 valence electrons. The molecule has 0 bridgehead atoms. The topological polar surface area (TPSA) is 65.1 Å². The third-order valence-corrected chi connectivity index (χ3v) is 4.77. The molecule has 1 aromatic rings. The van der Waals surface area contributed by atoms with Gasteiger partial charge in [0.25, 0.3) is 0 Å². The van der Waals surface area contributed by atoms with Crippen molar-refractivity contribution in [2.24, 2.45) is 0 Å². The summed E-state index contributed by atoms with van der Waals surface area (Å²) in [4.78, 5) is 26.6. The summed E-state index contributed by atoms with van der Waals surface area (Å²) in [6, 6.07) is 4.10. The van der Waals surface area contributed by atoms with E-state index in [1.165, 1.54) is 12.1 Å². The third kappa shape index (κ3) is 6.57. The number of carbonyl (C=O) groups is 2. The number of hydrogen-bond donors (Lipinski definition) is 0. The van der Waals surface area contributed by atoms with Crippen molar-refractivity contribution in [3.8, 4) is 0 Å². The number of hydrogen-bond acceptors (Lipinski definition) is 5. The molecular formula is C21H29ClFNO5. The molecule has 0 aliphatic carbocycles. The van der Waals surface area contributed by atoms with Crippen molar-refractivity contribution in [3.05, 3.63) is 34.6 Å². The summed E-state index contributed by atoms with van der Waals surface area (Å²) in [6.45, 7) is 7.80. The largest absolute Gasteiger partial charge is 0.464 e. The van der Waals surface area contributed by atoms with E-state index in [1.54, 1.807) is 38.7 Å². The van der Waals surface area contributed by atoms with Crippen molar-refractivity contribution in [1.29, 1.82) is 0 Å². The molecule has 0 spiro atoms. The van der Waals surface area contributed by atoms with E-state index in [2.05, 4.69) is 0 Å². The normalized spacial score (nSPS) is 18.3. The summed E-state index contributed by atoms with van der Waals surface area (Å²) < 4.78 is 30.8. The smallest absolute Gasteiger partial charge is 0.410 e. The van der Waals surface area contributed by atoms with E-state index in [0.29, 0.717) is 13.0 Å². The van der Waals surface area contributed by atoms with Crippen LogP contribution in [0.2, 0.25) is 5.02 Å². The van der Waals surface area contributed by atoms with E-state index in [0.717, 1.165) is 12.8 Å². The molecule has 1 heterocycles. The number of halogens is 2. The second-order valence-electron chi connectivity index (χ2n) is 7.93. The van der Waals surface area contributed by atoms with E-state index in [9.17, 15) is 14.0 Å². The van der Waals surface area contributed by atoms with E-state index >= 15 is 0 Å². The van der Waals surface area contributed by atoms with Crippen molar-refractivity contribution in [1.82, 2.24) is 4.90 Å². The van der Waals surface area contributed by atoms with Gasteiger partial charge in [-0.2, -0.15) is 0 Å². The maximum absolute atomic E-state index is 14.5. The fourth-order valence-electron chi connectivity index (χ4n) is 3.17. The van der Waals surface area contributed by atoms with Gasteiger partial charge in [-0.05, 0) is 53.0 Å². The molecule has 0 radical (unpaired) electrons. The molecule has 2 rings (SSSR count). The Hall–Kier alpha value is -1.86. The number of rotatable bonds is 6. The van der Waals surface area contributed by atoms with Gasteiger partial charge in [0, 0.05) is 12.1 Å². The first kappa shape index (κ1) is 23.4. The molecule has 29 heavy (non-hydrogen) atoms. The van der Waals surface area contributed by atoms with Crippen LogP contribution in [0.15, 0.2) is 18.2 Å². The SMILES string of the molecule is CCOC(=O)[C@H](OC[C@H]1CCCCN1C(=O)OC(C)(C)C)c1cccc(Cl)c1F. The molecule has 6 nitrogen and oxygen atoms in total. The fraction of sp³-hybridized carbons (Fsp3) is 0.619. The van der Waals surface area contributed by atoms with Gasteiger partial charge in [-0.1, -0.05) is 23.7 Å². The Morgan fingerprint density at radius 2 is 2.03 bits per heavy atom. The number of ether oxygens (including phenoxy) is 3. The molecule has 1 saturated heterocycles. The zero-order chi connectivity index (χ0) is 21.6. The highest BCUT2D eigenvalue weighted by Gasteiger charge is 2.33. The van der Waals surface area contributed by atoms with Crippen LogP contribution in [0, 0.1) is 5.82 Å². The van der Waals surface area contributed by atoms with Crippen molar-refractivity contribution in [2.45, 2.75) is 64.7 Å². The molecule has 2 atom stereocenters. The summed E-state index contributed by atoms with van der Waals surface area (Å²) in [5.41, 5.74) is -0.604. The number of likely N-dealkylation sites (tertiary alicyclic amines) is 1. The lowest BCUT2D eigenvalue weighted by Gasteiger charge is -2.37. The highest BCUT2D eigenvalue weighted by molar-refractivity contribution is 6.30. The predicted molar refractivity (Wildman–Crippen MR) is 107 cm³/mol. The van der Waals surface area contributed by atoms with Crippen LogP contribution in [0.5, 0.6) is 0 Å². The van der Waals surface area contributed by atoms with Gasteiger partial charge >= 0.3 is 12.1 Å². The van der Waals surface area contributed by atoms with Crippen molar-refractivity contribution in [2.75, 3.05) is 19.8 Å². The van der Waals surface area contributed by atoms with Crippen LogP contribution in [0.3, 0.4) is 0 Å². The summed E-state index contributed by atoms with van der Waals surface area (Å²) in [5.74, 6) is -1.42. The van der Waals surface area contributed by atoms with E-state index in [4.69, 9.17) is 25.8 Å². The minimum atomic E-state index is -1.27. The van der Waals surface area contributed by atoms with Crippen molar-refractivity contribution < 1.29 is 28.2 Å². The molecule has 0 unspecified atom stereocenters. The van der Waals surface area contributed by atoms with E-state index < -0.39 is 29.6 Å². The van der Waals surface area contributed by atoms with E-state index in [1.807, 2.05) is 0 Å². The van der Waals surface area contributed by atoms with Gasteiger partial charge < -0.3 is 19.1 Å². The van der Waals surface area contributed by atoms with Crippen LogP contribution in [-0.2, 0) is 19.0 Å². The molecule has 0 saturated carbocycles. The van der Waals surface area contributed by atoms with Gasteiger partial charge in [-0.15, -0.1) is 0 Å². The lowest BCUT2D eigenvalue weighted by molar-refractivity contribution is -0.158. The fourth-order valence-corrected chi connectivity index (χ4v) is 3.35. The maximum Gasteiger partial charge on any atom is 0.410 e. The van der Waals surface area contributed by atoms with E-state index in [-0.39, 0.29) is 29.8 Å². The lowest BCUT2D eigenvalue weighted by atomic mass is 10.0. The Morgan fingerprint density at radius 3 is 2.69 bits per heavy atom. The molecule has 0 N–H and O–H groups in total. The van der Waals surface area contributed by atoms with Gasteiger partial charge in [-0.3, -0.25) is 0 Å². The van der Waals surface area contributed by atoms with Crippen LogP contribution in [0.4, 0.5) is 9.18 Å². The first-order valence-corrected chi connectivity index (χ1v) is 10.2. The van der Waals surface area contributed by atoms with Crippen molar-refractivity contribution >= 4 is 23.7 Å². The zero-order valence-corrected chi connectivity index (χ0v) is 18.1. The number of piperidine rings is 1. The zero-order valence-electron chi connectivity index (χ0n) is 17.4. The molecule has 1 aliphatic heterocycles. The van der Waals surface area contributed by atoms with Crippen LogP contribution in [0.25, 0.3) is 0 Å². The van der Waals surface area contributed by atoms with Crippen molar-refractivity contribution in [3.63, 3.8) is 0 Å². The number of esters is 1. The van der Waals surface area contributed by atoms with Gasteiger partial charge in [0.2, 0.25) is 0 Å². The Balaban J connectivity index is 2.16. The highest BCUT2D eigenvalue weighted by atomic mass is 35.5. The van der Waals surface area contributed by atoms with Gasteiger partial charge in [-0.25, -0.2) is 14.0 Å². The average Bonchev–Trinajstić information content (AvgIpc) is 2.64. The number of carbonyl (C=O) groups excluding carboxylic acids is 2. The summed E-state index contributed by atoms with van der Waals surface area (Å²) >= 11 is 5.86. The molecular weight excluding hydrogens is 401 g/mol. The van der Waals surface area contributed by atoms with Gasteiger partial charge in [0.05, 0.1) is 24.3 Å². The Kier molecular flexibility index (Phi) is 8.28. The first-order valence-electron chi connectivity index (χ1n) is 9.85. The summed E-state index contributed by atoms with van der Waals surface area (Å²) in [5, 5.41) is -0.103. The minimum absolute atomic E-state index is 0.00979. The molecule has 1 fully saturated rings. The first-order chi connectivity index (χ1) is 13.6. The number of benzene rings is 1. The second-order valence-corrected chi connectivity index (χ2v) is 8.34. The molecule has 1 amide bonds. The van der Waals surface area contributed by atoms with Gasteiger partial charge in [0.15, 0.2) is 6.10 Å². The third-order valence-electron chi connectivity index (χ3n) is 4.48. The Bertz CT molecular complexity index is 722. The van der Waals surface area contributed by atoms with Crippen LogP contribution >= 0.6 is 11.6 Å². The van der Waals surface area contributed by atoms with Crippen LogP contribution in [-0.4, -0.2) is 48.4 Å². The summed E-state index contributed by atoms with van der Waals surface area (Å²) in [7, 11) is 0. The number of nitrogens with zero attached hydrogens (tertiary/aromatic N) is 1. The molecule has 1 aromatic carbocycles. The van der Waals surface area contributed by atoms with Gasteiger partial charge in [0.1, 0.15) is 11.4 Å². The Morgan fingerprint density at radius 1 is 1.31 bits per heavy atom. The quantitative estimate of drug-likeness (QED) is 0.602.